The third-order valence-electron chi connectivity index (χ3n) is 2.50. The zero-order valence-electron chi connectivity index (χ0n) is 10.5. The Labute approximate surface area is 105 Å². The number of esters is 1. The highest BCUT2D eigenvalue weighted by atomic mass is 32.2. The molecule has 0 aromatic rings. The number of methoxy groups -OCH3 is 1. The fourth-order valence-corrected chi connectivity index (χ4v) is 2.80. The Morgan fingerprint density at radius 2 is 2.00 bits per heavy atom. The van der Waals surface area contributed by atoms with E-state index in [2.05, 4.69) is 0 Å². The second kappa shape index (κ2) is 6.37. The quantitative estimate of drug-likeness (QED) is 0.715. The van der Waals surface area contributed by atoms with E-state index in [1.54, 1.807) is 7.11 Å². The van der Waals surface area contributed by atoms with Crippen molar-refractivity contribution in [3.05, 3.63) is 0 Å². The van der Waals surface area contributed by atoms with Crippen LogP contribution in [0.25, 0.3) is 0 Å². The van der Waals surface area contributed by atoms with E-state index in [1.807, 2.05) is 6.92 Å². The first kappa shape index (κ1) is 14.5. The molecule has 0 radical (unpaired) electrons. The fourth-order valence-electron chi connectivity index (χ4n) is 1.84. The lowest BCUT2D eigenvalue weighted by Gasteiger charge is -2.38. The molecule has 0 aliphatic carbocycles. The summed E-state index contributed by atoms with van der Waals surface area (Å²) in [5.74, 6) is -0.354. The van der Waals surface area contributed by atoms with Crippen LogP contribution in [-0.4, -0.2) is 41.9 Å². The first-order valence-corrected chi connectivity index (χ1v) is 6.34. The molecule has 4 atom stereocenters. The molecular weight excluding hydrogens is 244 g/mol. The Kier molecular flexibility index (Phi) is 5.42. The average Bonchev–Trinajstić information content (AvgIpc) is 2.21. The van der Waals surface area contributed by atoms with Gasteiger partial charge in [-0.15, -0.1) is 0 Å². The number of hydrogen-bond acceptors (Lipinski definition) is 6. The number of thioether (sulfide) groups is 1. The monoisotopic (exact) mass is 262 g/mol. The first-order valence-electron chi connectivity index (χ1n) is 5.46. The van der Waals surface area contributed by atoms with E-state index in [4.69, 9.17) is 14.2 Å². The highest BCUT2D eigenvalue weighted by Gasteiger charge is 2.39. The Balaban J connectivity index is 2.74. The van der Waals surface area contributed by atoms with Crippen LogP contribution in [0, 0.1) is 0 Å². The number of carbonyl (C=O) groups is 2. The minimum atomic E-state index is -0.391. The van der Waals surface area contributed by atoms with Crippen LogP contribution in [0.2, 0.25) is 0 Å². The molecule has 98 valence electrons. The standard InChI is InChI=1S/C11H18O5S/c1-6-11(17-8(3)13)9(16-7(2)12)5-10(14-4)15-6/h6,9-11H,5H2,1-4H3/t6-,9+,10+,11-/m1/s1. The Bertz CT molecular complexity index is 294. The summed E-state index contributed by atoms with van der Waals surface area (Å²) < 4.78 is 15.9. The maximum absolute atomic E-state index is 11.2. The van der Waals surface area contributed by atoms with Crippen LogP contribution < -0.4 is 0 Å². The topological polar surface area (TPSA) is 61.8 Å². The van der Waals surface area contributed by atoms with E-state index in [-0.39, 0.29) is 28.5 Å². The van der Waals surface area contributed by atoms with Crippen molar-refractivity contribution in [2.45, 2.75) is 50.9 Å². The van der Waals surface area contributed by atoms with Gasteiger partial charge in [0.05, 0.1) is 11.4 Å². The van der Waals surface area contributed by atoms with Gasteiger partial charge in [-0.1, -0.05) is 11.8 Å². The summed E-state index contributed by atoms with van der Waals surface area (Å²) in [5, 5.41) is -0.193. The molecule has 0 unspecified atom stereocenters. The van der Waals surface area contributed by atoms with Gasteiger partial charge in [0.25, 0.3) is 0 Å². The lowest BCUT2D eigenvalue weighted by molar-refractivity contribution is -0.204. The predicted octanol–water partition coefficient (Wildman–Crippen LogP) is 1.35. The summed E-state index contributed by atoms with van der Waals surface area (Å²) in [7, 11) is 1.54. The molecule has 0 amide bonds. The van der Waals surface area contributed by atoms with Crippen LogP contribution in [0.15, 0.2) is 0 Å². The molecule has 1 aliphatic heterocycles. The van der Waals surface area contributed by atoms with Crippen molar-refractivity contribution in [2.24, 2.45) is 0 Å². The molecule has 1 fully saturated rings. The lowest BCUT2D eigenvalue weighted by atomic mass is 10.1. The Hall–Kier alpha value is -0.590. The number of rotatable bonds is 3. The van der Waals surface area contributed by atoms with Gasteiger partial charge in [-0.2, -0.15) is 0 Å². The van der Waals surface area contributed by atoms with Crippen molar-refractivity contribution in [3.63, 3.8) is 0 Å². The van der Waals surface area contributed by atoms with Gasteiger partial charge in [-0.05, 0) is 6.92 Å². The summed E-state index contributed by atoms with van der Waals surface area (Å²) in [6, 6.07) is 0. The normalized spacial score (nSPS) is 33.2. The zero-order chi connectivity index (χ0) is 13.0. The van der Waals surface area contributed by atoms with Crippen molar-refractivity contribution >= 4 is 22.8 Å². The molecule has 5 nitrogen and oxygen atoms in total. The minimum Gasteiger partial charge on any atom is -0.461 e. The third-order valence-corrected chi connectivity index (χ3v) is 3.79. The Morgan fingerprint density at radius 3 is 2.47 bits per heavy atom. The van der Waals surface area contributed by atoms with Crippen LogP contribution >= 0.6 is 11.8 Å². The van der Waals surface area contributed by atoms with Crippen LogP contribution in [0.4, 0.5) is 0 Å². The molecule has 17 heavy (non-hydrogen) atoms. The maximum atomic E-state index is 11.2. The van der Waals surface area contributed by atoms with Gasteiger partial charge in [-0.25, -0.2) is 0 Å². The highest BCUT2D eigenvalue weighted by Crippen LogP contribution is 2.32. The van der Waals surface area contributed by atoms with E-state index in [1.165, 1.54) is 13.8 Å². The largest absolute Gasteiger partial charge is 0.461 e. The second-order valence-corrected chi connectivity index (χ2v) is 5.32. The summed E-state index contributed by atoms with van der Waals surface area (Å²) in [5.41, 5.74) is 0. The fraction of sp³-hybridized carbons (Fsp3) is 0.818. The van der Waals surface area contributed by atoms with Gasteiger partial charge in [-0.3, -0.25) is 9.59 Å². The molecule has 0 N–H and O–H groups in total. The van der Waals surface area contributed by atoms with Crippen molar-refractivity contribution in [3.8, 4) is 0 Å². The SMILES string of the molecule is CO[C@@H]1C[C@H](OC(C)=O)[C@H](SC(C)=O)[C@@H](C)O1. The zero-order valence-corrected chi connectivity index (χ0v) is 11.3. The highest BCUT2D eigenvalue weighted by molar-refractivity contribution is 8.14. The van der Waals surface area contributed by atoms with Crippen LogP contribution in [-0.2, 0) is 23.8 Å². The van der Waals surface area contributed by atoms with Gasteiger partial charge in [0, 0.05) is 27.4 Å². The van der Waals surface area contributed by atoms with E-state index in [9.17, 15) is 9.59 Å². The van der Waals surface area contributed by atoms with E-state index in [0.717, 1.165) is 11.8 Å². The second-order valence-electron chi connectivity index (χ2n) is 3.96. The molecule has 1 heterocycles. The number of hydrogen-bond donors (Lipinski definition) is 0. The molecule has 0 bridgehead atoms. The first-order chi connectivity index (χ1) is 7.93. The lowest BCUT2D eigenvalue weighted by Crippen LogP contribution is -2.47. The summed E-state index contributed by atoms with van der Waals surface area (Å²) >= 11 is 1.15. The Morgan fingerprint density at radius 1 is 1.35 bits per heavy atom. The summed E-state index contributed by atoms with van der Waals surface area (Å²) in [4.78, 5) is 22.2. The van der Waals surface area contributed by atoms with Gasteiger partial charge in [0.2, 0.25) is 0 Å². The van der Waals surface area contributed by atoms with E-state index in [0.29, 0.717) is 6.42 Å². The summed E-state index contributed by atoms with van der Waals surface area (Å²) in [6.45, 7) is 4.70. The molecule has 6 heteroatoms. The van der Waals surface area contributed by atoms with Crippen LogP contribution in [0.3, 0.4) is 0 Å². The molecule has 1 saturated heterocycles. The van der Waals surface area contributed by atoms with Crippen molar-refractivity contribution in [1.29, 1.82) is 0 Å². The molecule has 1 rings (SSSR count). The third kappa shape index (κ3) is 4.29. The predicted molar refractivity (Wildman–Crippen MR) is 63.6 cm³/mol. The molecule has 0 aromatic carbocycles. The van der Waals surface area contributed by atoms with E-state index < -0.39 is 6.29 Å². The van der Waals surface area contributed by atoms with Crippen molar-refractivity contribution < 1.29 is 23.8 Å². The molecule has 0 spiro atoms. The minimum absolute atomic E-state index is 0.0153. The van der Waals surface area contributed by atoms with Crippen molar-refractivity contribution in [2.75, 3.05) is 7.11 Å². The molecular formula is C11H18O5S. The van der Waals surface area contributed by atoms with Gasteiger partial charge < -0.3 is 14.2 Å². The van der Waals surface area contributed by atoms with Gasteiger partial charge >= 0.3 is 5.97 Å². The maximum Gasteiger partial charge on any atom is 0.302 e. The molecule has 1 aliphatic rings. The summed E-state index contributed by atoms with van der Waals surface area (Å²) in [6.07, 6.45) is -0.494. The van der Waals surface area contributed by atoms with Gasteiger partial charge in [0.15, 0.2) is 11.4 Å². The molecule has 0 saturated carbocycles. The molecule has 0 aromatic heterocycles. The smallest absolute Gasteiger partial charge is 0.302 e. The van der Waals surface area contributed by atoms with Crippen LogP contribution in [0.5, 0.6) is 0 Å². The number of ether oxygens (including phenoxy) is 3. The van der Waals surface area contributed by atoms with Crippen molar-refractivity contribution in [1.82, 2.24) is 0 Å². The van der Waals surface area contributed by atoms with Gasteiger partial charge in [0.1, 0.15) is 6.10 Å². The number of carbonyl (C=O) groups excluding carboxylic acids is 2. The average molecular weight is 262 g/mol. The van der Waals surface area contributed by atoms with Crippen LogP contribution in [0.1, 0.15) is 27.2 Å². The van der Waals surface area contributed by atoms with E-state index >= 15 is 0 Å².